The van der Waals surface area contributed by atoms with Gasteiger partial charge in [0.25, 0.3) is 0 Å². The maximum atomic E-state index is 11.3. The summed E-state index contributed by atoms with van der Waals surface area (Å²) < 4.78 is 1.01. The second-order valence-corrected chi connectivity index (χ2v) is 6.64. The van der Waals surface area contributed by atoms with E-state index >= 15 is 0 Å². The fourth-order valence-corrected chi connectivity index (χ4v) is 3.33. The van der Waals surface area contributed by atoms with E-state index in [1.165, 1.54) is 0 Å². The number of rotatable bonds is 4. The molecule has 4 nitrogen and oxygen atoms in total. The maximum absolute atomic E-state index is 11.3. The Labute approximate surface area is 137 Å². The average molecular weight is 360 g/mol. The molecule has 0 atom stereocenters. The van der Waals surface area contributed by atoms with Crippen molar-refractivity contribution in [2.75, 3.05) is 5.32 Å². The van der Waals surface area contributed by atoms with E-state index in [4.69, 9.17) is 5.73 Å². The molecule has 1 heterocycles. The SMILES string of the molecule is CC(C)Nc1ccc2c(c1)[nH]c1c(CC(N)=O)ccc(Br)c12. The topological polar surface area (TPSA) is 70.9 Å². The highest BCUT2D eigenvalue weighted by atomic mass is 79.9. The number of hydrogen-bond donors (Lipinski definition) is 3. The lowest BCUT2D eigenvalue weighted by molar-refractivity contribution is -0.117. The third kappa shape index (κ3) is 2.68. The molecule has 3 aromatic rings. The number of fused-ring (bicyclic) bond motifs is 3. The lowest BCUT2D eigenvalue weighted by atomic mass is 10.1. The molecule has 0 aliphatic rings. The summed E-state index contributed by atoms with van der Waals surface area (Å²) in [7, 11) is 0. The highest BCUT2D eigenvalue weighted by Crippen LogP contribution is 2.35. The van der Waals surface area contributed by atoms with Gasteiger partial charge in [0, 0.05) is 32.5 Å². The average Bonchev–Trinajstić information content (AvgIpc) is 2.80. The molecule has 0 unspecified atom stereocenters. The molecule has 114 valence electrons. The molecule has 2 aromatic carbocycles. The third-order valence-electron chi connectivity index (χ3n) is 3.61. The Morgan fingerprint density at radius 1 is 1.32 bits per heavy atom. The fraction of sp³-hybridized carbons (Fsp3) is 0.235. The number of hydrogen-bond acceptors (Lipinski definition) is 2. The van der Waals surface area contributed by atoms with Crippen molar-refractivity contribution in [3.8, 4) is 0 Å². The summed E-state index contributed by atoms with van der Waals surface area (Å²) in [5.41, 5.74) is 9.34. The molecule has 3 rings (SSSR count). The lowest BCUT2D eigenvalue weighted by Gasteiger charge is -2.09. The fourth-order valence-electron chi connectivity index (χ4n) is 2.78. The van der Waals surface area contributed by atoms with Crippen LogP contribution in [-0.4, -0.2) is 16.9 Å². The Hall–Kier alpha value is -2.01. The second kappa shape index (κ2) is 5.65. The number of nitrogens with one attached hydrogen (secondary N) is 2. The van der Waals surface area contributed by atoms with E-state index in [2.05, 4.69) is 58.3 Å². The van der Waals surface area contributed by atoms with Gasteiger partial charge >= 0.3 is 0 Å². The van der Waals surface area contributed by atoms with Gasteiger partial charge in [-0.3, -0.25) is 4.79 Å². The number of carbonyl (C=O) groups excluding carboxylic acids is 1. The van der Waals surface area contributed by atoms with Crippen LogP contribution in [-0.2, 0) is 11.2 Å². The zero-order chi connectivity index (χ0) is 15.9. The molecule has 0 bridgehead atoms. The van der Waals surface area contributed by atoms with Crippen LogP contribution in [0.1, 0.15) is 19.4 Å². The van der Waals surface area contributed by atoms with Crippen LogP contribution in [0.5, 0.6) is 0 Å². The smallest absolute Gasteiger partial charge is 0.221 e. The molecule has 1 amide bonds. The number of aromatic amines is 1. The first-order chi connectivity index (χ1) is 10.5. The molecule has 0 radical (unpaired) electrons. The quantitative estimate of drug-likeness (QED) is 0.660. The number of nitrogens with two attached hydrogens (primary N) is 1. The van der Waals surface area contributed by atoms with E-state index in [1.807, 2.05) is 12.1 Å². The van der Waals surface area contributed by atoms with E-state index in [1.54, 1.807) is 0 Å². The van der Waals surface area contributed by atoms with E-state index in [9.17, 15) is 4.79 Å². The molecule has 0 aliphatic heterocycles. The van der Waals surface area contributed by atoms with Gasteiger partial charge in [0.15, 0.2) is 0 Å². The lowest BCUT2D eigenvalue weighted by Crippen LogP contribution is -2.13. The van der Waals surface area contributed by atoms with E-state index < -0.39 is 0 Å². The summed E-state index contributed by atoms with van der Waals surface area (Å²) in [6.45, 7) is 4.22. The van der Waals surface area contributed by atoms with E-state index in [0.717, 1.165) is 37.5 Å². The molecule has 5 heteroatoms. The summed E-state index contributed by atoms with van der Waals surface area (Å²) in [6, 6.07) is 10.5. The molecule has 0 saturated heterocycles. The van der Waals surface area contributed by atoms with E-state index in [-0.39, 0.29) is 12.3 Å². The molecular weight excluding hydrogens is 342 g/mol. The van der Waals surface area contributed by atoms with Crippen LogP contribution in [0.15, 0.2) is 34.8 Å². The Balaban J connectivity index is 2.23. The number of anilines is 1. The molecule has 0 saturated carbocycles. The molecule has 0 fully saturated rings. The molecule has 0 spiro atoms. The van der Waals surface area contributed by atoms with Gasteiger partial charge in [-0.1, -0.05) is 28.1 Å². The van der Waals surface area contributed by atoms with Gasteiger partial charge in [0.2, 0.25) is 5.91 Å². The molecule has 22 heavy (non-hydrogen) atoms. The number of H-pyrrole nitrogens is 1. The van der Waals surface area contributed by atoms with Crippen molar-refractivity contribution in [2.45, 2.75) is 26.3 Å². The molecule has 1 aromatic heterocycles. The first kappa shape index (κ1) is 14.9. The summed E-state index contributed by atoms with van der Waals surface area (Å²) >= 11 is 3.60. The van der Waals surface area contributed by atoms with Crippen LogP contribution in [0.2, 0.25) is 0 Å². The summed E-state index contributed by atoms with van der Waals surface area (Å²) in [6.07, 6.45) is 0.230. The maximum Gasteiger partial charge on any atom is 0.221 e. The number of benzene rings is 2. The van der Waals surface area contributed by atoms with Crippen LogP contribution in [0.25, 0.3) is 21.8 Å². The van der Waals surface area contributed by atoms with E-state index in [0.29, 0.717) is 6.04 Å². The van der Waals surface area contributed by atoms with Crippen LogP contribution in [0.4, 0.5) is 5.69 Å². The Morgan fingerprint density at radius 3 is 2.77 bits per heavy atom. The largest absolute Gasteiger partial charge is 0.383 e. The highest BCUT2D eigenvalue weighted by Gasteiger charge is 2.13. The van der Waals surface area contributed by atoms with Crippen molar-refractivity contribution in [1.29, 1.82) is 0 Å². The van der Waals surface area contributed by atoms with Crippen molar-refractivity contribution in [3.63, 3.8) is 0 Å². The summed E-state index contributed by atoms with van der Waals surface area (Å²) in [5, 5.41) is 5.61. The van der Waals surface area contributed by atoms with Crippen molar-refractivity contribution in [1.82, 2.24) is 4.98 Å². The van der Waals surface area contributed by atoms with Gasteiger partial charge in [-0.25, -0.2) is 0 Å². The minimum Gasteiger partial charge on any atom is -0.383 e. The minimum absolute atomic E-state index is 0.230. The monoisotopic (exact) mass is 359 g/mol. The van der Waals surface area contributed by atoms with Crippen molar-refractivity contribution >= 4 is 49.3 Å². The van der Waals surface area contributed by atoms with Gasteiger partial charge < -0.3 is 16.0 Å². The Kier molecular flexibility index (Phi) is 3.83. The normalized spacial score (nSPS) is 11.5. The first-order valence-corrected chi connectivity index (χ1v) is 8.02. The van der Waals surface area contributed by atoms with Crippen LogP contribution < -0.4 is 11.1 Å². The predicted octanol–water partition coefficient (Wildman–Crippen LogP) is 3.93. The number of primary amides is 1. The zero-order valence-corrected chi connectivity index (χ0v) is 14.1. The molecule has 4 N–H and O–H groups in total. The second-order valence-electron chi connectivity index (χ2n) is 5.78. The summed E-state index contributed by atoms with van der Waals surface area (Å²) in [5.74, 6) is -0.329. The predicted molar refractivity (Wildman–Crippen MR) is 95.2 cm³/mol. The Bertz CT molecular complexity index is 867. The van der Waals surface area contributed by atoms with Crippen molar-refractivity contribution in [2.24, 2.45) is 5.73 Å². The van der Waals surface area contributed by atoms with Crippen LogP contribution in [0, 0.1) is 0 Å². The molecule has 0 aliphatic carbocycles. The van der Waals surface area contributed by atoms with Gasteiger partial charge in [-0.2, -0.15) is 0 Å². The number of amides is 1. The van der Waals surface area contributed by atoms with Crippen LogP contribution >= 0.6 is 15.9 Å². The third-order valence-corrected chi connectivity index (χ3v) is 4.27. The van der Waals surface area contributed by atoms with Gasteiger partial charge in [-0.15, -0.1) is 0 Å². The number of carbonyl (C=O) groups is 1. The minimum atomic E-state index is -0.329. The Morgan fingerprint density at radius 2 is 2.09 bits per heavy atom. The summed E-state index contributed by atoms with van der Waals surface area (Å²) in [4.78, 5) is 14.7. The zero-order valence-electron chi connectivity index (χ0n) is 12.5. The number of aromatic nitrogens is 1. The van der Waals surface area contributed by atoms with Crippen molar-refractivity contribution in [3.05, 3.63) is 40.4 Å². The van der Waals surface area contributed by atoms with Crippen molar-refractivity contribution < 1.29 is 4.79 Å². The van der Waals surface area contributed by atoms with Gasteiger partial charge in [0.05, 0.1) is 11.9 Å². The van der Waals surface area contributed by atoms with Crippen LogP contribution in [0.3, 0.4) is 0 Å². The highest BCUT2D eigenvalue weighted by molar-refractivity contribution is 9.10. The van der Waals surface area contributed by atoms with Gasteiger partial charge in [0.1, 0.15) is 0 Å². The first-order valence-electron chi connectivity index (χ1n) is 7.23. The van der Waals surface area contributed by atoms with Gasteiger partial charge in [-0.05, 0) is 37.6 Å². The standard InChI is InChI=1S/C17H18BrN3O/c1-9(2)20-11-4-5-12-14(8-11)21-17-10(7-15(19)22)3-6-13(18)16(12)17/h3-6,8-9,20-21H,7H2,1-2H3,(H2,19,22). The molecular formula is C17H18BrN3O. The number of halogens is 1.